The Morgan fingerprint density at radius 1 is 1.29 bits per heavy atom. The van der Waals surface area contributed by atoms with Gasteiger partial charge in [0.15, 0.2) is 0 Å². The van der Waals surface area contributed by atoms with Crippen molar-refractivity contribution in [3.05, 3.63) is 57.8 Å². The van der Waals surface area contributed by atoms with Crippen LogP contribution in [0.2, 0.25) is 0 Å². The number of hydrogen-bond acceptors (Lipinski definition) is 3. The van der Waals surface area contributed by atoms with Crippen LogP contribution in [0.4, 0.5) is 0 Å². The molecule has 84 valence electrons. The quantitative estimate of drug-likeness (QED) is 0.770. The zero-order valence-electron chi connectivity index (χ0n) is 9.38. The van der Waals surface area contributed by atoms with Crippen molar-refractivity contribution >= 4 is 17.1 Å². The molecule has 1 aromatic heterocycles. The number of benzene rings is 1. The average Bonchev–Trinajstić information content (AvgIpc) is 2.91. The van der Waals surface area contributed by atoms with Gasteiger partial charge in [0, 0.05) is 5.56 Å². The van der Waals surface area contributed by atoms with E-state index < -0.39 is 0 Å². The fraction of sp³-hybridized carbons (Fsp3) is 0.143. The van der Waals surface area contributed by atoms with Crippen molar-refractivity contribution in [2.45, 2.75) is 12.8 Å². The summed E-state index contributed by atoms with van der Waals surface area (Å²) in [6, 6.07) is 13.1. The molecule has 1 aromatic carbocycles. The second-order valence-electron chi connectivity index (χ2n) is 3.78. The molecule has 0 aliphatic carbocycles. The van der Waals surface area contributed by atoms with Crippen LogP contribution in [0.1, 0.15) is 33.6 Å². The van der Waals surface area contributed by atoms with E-state index in [1.165, 1.54) is 11.3 Å². The molecule has 2 aromatic rings. The van der Waals surface area contributed by atoms with Crippen LogP contribution in [0.15, 0.2) is 41.8 Å². The summed E-state index contributed by atoms with van der Waals surface area (Å²) in [6.45, 7) is 1.84. The number of nitrogens with zero attached hydrogens (tertiary/aromatic N) is 1. The van der Waals surface area contributed by atoms with Crippen LogP contribution in [0.3, 0.4) is 0 Å². The molecule has 1 atom stereocenters. The van der Waals surface area contributed by atoms with Crippen molar-refractivity contribution in [1.29, 1.82) is 5.26 Å². The standard InChI is InChI=1S/C14H11NOS/c1-10(9-15)11-4-6-12(7-5-11)14(16)13-3-2-8-17-13/h2-8,10H,1H3/t10-/m0/s1. The Balaban J connectivity index is 2.25. The van der Waals surface area contributed by atoms with E-state index in [4.69, 9.17) is 5.26 Å². The molecule has 0 aliphatic heterocycles. The fourth-order valence-electron chi connectivity index (χ4n) is 1.55. The Morgan fingerprint density at radius 3 is 2.53 bits per heavy atom. The molecule has 0 saturated carbocycles. The van der Waals surface area contributed by atoms with Crippen LogP contribution in [-0.4, -0.2) is 5.78 Å². The van der Waals surface area contributed by atoms with Gasteiger partial charge in [0.25, 0.3) is 0 Å². The highest BCUT2D eigenvalue weighted by Gasteiger charge is 2.10. The Hall–Kier alpha value is -1.92. The molecule has 2 rings (SSSR count). The summed E-state index contributed by atoms with van der Waals surface area (Å²) in [6.07, 6.45) is 0. The van der Waals surface area contributed by atoms with Crippen molar-refractivity contribution < 1.29 is 4.79 Å². The SMILES string of the molecule is C[C@@H](C#N)c1ccc(C(=O)c2cccs2)cc1. The predicted molar refractivity (Wildman–Crippen MR) is 68.2 cm³/mol. The zero-order chi connectivity index (χ0) is 12.3. The van der Waals surface area contributed by atoms with Gasteiger partial charge >= 0.3 is 0 Å². The van der Waals surface area contributed by atoms with E-state index in [2.05, 4.69) is 6.07 Å². The van der Waals surface area contributed by atoms with Crippen LogP contribution in [-0.2, 0) is 0 Å². The molecule has 0 saturated heterocycles. The number of ketones is 1. The molecule has 0 N–H and O–H groups in total. The topological polar surface area (TPSA) is 40.9 Å². The summed E-state index contributed by atoms with van der Waals surface area (Å²) < 4.78 is 0. The predicted octanol–water partition coefficient (Wildman–Crippen LogP) is 3.61. The van der Waals surface area contributed by atoms with E-state index in [0.29, 0.717) is 5.56 Å². The Labute approximate surface area is 104 Å². The van der Waals surface area contributed by atoms with Gasteiger partial charge in [0.2, 0.25) is 5.78 Å². The lowest BCUT2D eigenvalue weighted by molar-refractivity contribution is 0.104. The molecule has 3 heteroatoms. The lowest BCUT2D eigenvalue weighted by Gasteiger charge is -2.03. The highest BCUT2D eigenvalue weighted by Crippen LogP contribution is 2.18. The smallest absolute Gasteiger partial charge is 0.202 e. The molecule has 0 fully saturated rings. The molecule has 17 heavy (non-hydrogen) atoms. The van der Waals surface area contributed by atoms with Gasteiger partial charge in [-0.3, -0.25) is 4.79 Å². The third kappa shape index (κ3) is 2.43. The van der Waals surface area contributed by atoms with Gasteiger partial charge in [-0.15, -0.1) is 11.3 Å². The molecule has 0 bridgehead atoms. The van der Waals surface area contributed by atoms with Crippen molar-refractivity contribution in [3.8, 4) is 6.07 Å². The second kappa shape index (κ2) is 4.94. The molecular formula is C14H11NOS. The number of nitriles is 1. The summed E-state index contributed by atoms with van der Waals surface area (Å²) in [5.74, 6) is -0.1000. The number of carbonyl (C=O) groups excluding carboxylic acids is 1. The van der Waals surface area contributed by atoms with E-state index in [-0.39, 0.29) is 11.7 Å². The van der Waals surface area contributed by atoms with Gasteiger partial charge in [-0.2, -0.15) is 5.26 Å². The van der Waals surface area contributed by atoms with Crippen LogP contribution in [0.5, 0.6) is 0 Å². The maximum absolute atomic E-state index is 12.0. The summed E-state index contributed by atoms with van der Waals surface area (Å²) >= 11 is 1.44. The van der Waals surface area contributed by atoms with Gasteiger partial charge < -0.3 is 0 Å². The van der Waals surface area contributed by atoms with Crippen molar-refractivity contribution in [2.75, 3.05) is 0 Å². The third-order valence-electron chi connectivity index (χ3n) is 2.61. The van der Waals surface area contributed by atoms with Crippen LogP contribution in [0, 0.1) is 11.3 Å². The minimum absolute atomic E-state index is 0.0381. The van der Waals surface area contributed by atoms with E-state index in [1.54, 1.807) is 12.1 Å². The Bertz CT molecular complexity index is 549. The fourth-order valence-corrected chi connectivity index (χ4v) is 2.23. The van der Waals surface area contributed by atoms with Crippen LogP contribution in [0.25, 0.3) is 0 Å². The minimum atomic E-state index is -0.138. The number of carbonyl (C=O) groups is 1. The zero-order valence-corrected chi connectivity index (χ0v) is 10.2. The molecule has 0 radical (unpaired) electrons. The maximum Gasteiger partial charge on any atom is 0.202 e. The maximum atomic E-state index is 12.0. The van der Waals surface area contributed by atoms with Gasteiger partial charge in [-0.05, 0) is 23.9 Å². The van der Waals surface area contributed by atoms with Gasteiger partial charge in [-0.1, -0.05) is 30.3 Å². The van der Waals surface area contributed by atoms with Crippen molar-refractivity contribution in [2.24, 2.45) is 0 Å². The number of hydrogen-bond donors (Lipinski definition) is 0. The largest absolute Gasteiger partial charge is 0.288 e. The molecular weight excluding hydrogens is 230 g/mol. The first-order chi connectivity index (χ1) is 8.22. The van der Waals surface area contributed by atoms with Crippen molar-refractivity contribution in [1.82, 2.24) is 0 Å². The average molecular weight is 241 g/mol. The first-order valence-corrected chi connectivity index (χ1v) is 6.18. The first-order valence-electron chi connectivity index (χ1n) is 5.30. The summed E-state index contributed by atoms with van der Waals surface area (Å²) in [5, 5.41) is 10.7. The Kier molecular flexibility index (Phi) is 3.36. The van der Waals surface area contributed by atoms with Crippen LogP contribution >= 0.6 is 11.3 Å². The highest BCUT2D eigenvalue weighted by molar-refractivity contribution is 7.12. The van der Waals surface area contributed by atoms with Gasteiger partial charge in [0.05, 0.1) is 16.9 Å². The van der Waals surface area contributed by atoms with E-state index in [1.807, 2.05) is 36.6 Å². The summed E-state index contributed by atoms with van der Waals surface area (Å²) in [5.41, 5.74) is 1.61. The van der Waals surface area contributed by atoms with E-state index >= 15 is 0 Å². The first kappa shape index (κ1) is 11.6. The molecule has 0 unspecified atom stereocenters. The van der Waals surface area contributed by atoms with Gasteiger partial charge in [-0.25, -0.2) is 0 Å². The normalized spacial score (nSPS) is 11.8. The number of thiophene rings is 1. The van der Waals surface area contributed by atoms with E-state index in [9.17, 15) is 4.79 Å². The van der Waals surface area contributed by atoms with Crippen LogP contribution < -0.4 is 0 Å². The lowest BCUT2D eigenvalue weighted by Crippen LogP contribution is -1.99. The minimum Gasteiger partial charge on any atom is -0.288 e. The monoisotopic (exact) mass is 241 g/mol. The molecule has 2 nitrogen and oxygen atoms in total. The van der Waals surface area contributed by atoms with E-state index in [0.717, 1.165) is 10.4 Å². The van der Waals surface area contributed by atoms with Crippen molar-refractivity contribution in [3.63, 3.8) is 0 Å². The second-order valence-corrected chi connectivity index (χ2v) is 4.73. The molecule has 0 aliphatic rings. The number of rotatable bonds is 3. The molecule has 1 heterocycles. The Morgan fingerprint density at radius 2 is 2.00 bits per heavy atom. The van der Waals surface area contributed by atoms with Gasteiger partial charge in [0.1, 0.15) is 0 Å². The third-order valence-corrected chi connectivity index (χ3v) is 3.48. The lowest BCUT2D eigenvalue weighted by atomic mass is 10.00. The summed E-state index contributed by atoms with van der Waals surface area (Å²) in [7, 11) is 0. The molecule has 0 amide bonds. The summed E-state index contributed by atoms with van der Waals surface area (Å²) in [4.78, 5) is 12.7. The molecule has 0 spiro atoms. The highest BCUT2D eigenvalue weighted by atomic mass is 32.1.